The van der Waals surface area contributed by atoms with Crippen LogP contribution in [0.2, 0.25) is 0 Å². The lowest BCUT2D eigenvalue weighted by molar-refractivity contribution is -0.384. The Hall–Kier alpha value is -3.27. The number of non-ortho nitro benzene ring substituents is 1. The van der Waals surface area contributed by atoms with Gasteiger partial charge >= 0.3 is 0 Å². The molecule has 1 aliphatic heterocycles. The van der Waals surface area contributed by atoms with Gasteiger partial charge in [0, 0.05) is 38.3 Å². The van der Waals surface area contributed by atoms with Gasteiger partial charge < -0.3 is 14.5 Å². The first-order valence-corrected chi connectivity index (χ1v) is 9.34. The standard InChI is InChI=1S/C18H17N3O6S/c22-11-13-10-14(21(25)26)3-4-15(13)27-12-17(23)19-5-7-20(8-6-19)18(24)16-2-1-9-28-16/h1-4,9-11H,5-8,12H2. The number of carbonyl (C=O) groups is 3. The van der Waals surface area contributed by atoms with Crippen LogP contribution in [0.15, 0.2) is 35.7 Å². The van der Waals surface area contributed by atoms with Crippen LogP contribution in [-0.2, 0) is 4.79 Å². The Morgan fingerprint density at radius 1 is 1.18 bits per heavy atom. The molecule has 0 radical (unpaired) electrons. The van der Waals surface area contributed by atoms with Gasteiger partial charge in [-0.3, -0.25) is 24.5 Å². The van der Waals surface area contributed by atoms with Gasteiger partial charge in [-0.1, -0.05) is 6.07 Å². The van der Waals surface area contributed by atoms with Crippen LogP contribution in [0.3, 0.4) is 0 Å². The number of hydrogen-bond donors (Lipinski definition) is 0. The van der Waals surface area contributed by atoms with Crippen molar-refractivity contribution >= 4 is 35.1 Å². The van der Waals surface area contributed by atoms with Crippen LogP contribution in [0, 0.1) is 10.1 Å². The van der Waals surface area contributed by atoms with Gasteiger partial charge in [0.2, 0.25) is 0 Å². The summed E-state index contributed by atoms with van der Waals surface area (Å²) in [4.78, 5) is 49.9. The van der Waals surface area contributed by atoms with Crippen molar-refractivity contribution in [3.8, 4) is 5.75 Å². The Morgan fingerprint density at radius 3 is 2.50 bits per heavy atom. The molecule has 1 saturated heterocycles. The minimum Gasteiger partial charge on any atom is -0.483 e. The molecule has 0 saturated carbocycles. The van der Waals surface area contributed by atoms with Gasteiger partial charge in [0.15, 0.2) is 12.9 Å². The minimum absolute atomic E-state index is 0.00774. The third-order valence-electron chi connectivity index (χ3n) is 4.33. The maximum Gasteiger partial charge on any atom is 0.270 e. The van der Waals surface area contributed by atoms with E-state index in [-0.39, 0.29) is 35.4 Å². The van der Waals surface area contributed by atoms with Gasteiger partial charge in [0.1, 0.15) is 5.75 Å². The summed E-state index contributed by atoms with van der Waals surface area (Å²) >= 11 is 1.38. The molecule has 146 valence electrons. The molecule has 0 spiro atoms. The highest BCUT2D eigenvalue weighted by Crippen LogP contribution is 2.23. The molecule has 10 heteroatoms. The number of benzene rings is 1. The first-order valence-electron chi connectivity index (χ1n) is 8.46. The third kappa shape index (κ3) is 4.34. The van der Waals surface area contributed by atoms with Crippen molar-refractivity contribution in [2.45, 2.75) is 0 Å². The number of rotatable bonds is 6. The topological polar surface area (TPSA) is 110 Å². The lowest BCUT2D eigenvalue weighted by atomic mass is 10.2. The molecule has 2 heterocycles. The number of amides is 2. The molecule has 2 amide bonds. The molecule has 1 aromatic heterocycles. The second kappa shape index (κ2) is 8.61. The van der Waals surface area contributed by atoms with Crippen LogP contribution in [-0.4, -0.2) is 65.6 Å². The number of thiophene rings is 1. The van der Waals surface area contributed by atoms with E-state index in [1.54, 1.807) is 15.9 Å². The van der Waals surface area contributed by atoms with Crippen molar-refractivity contribution in [2.24, 2.45) is 0 Å². The number of nitro groups is 1. The summed E-state index contributed by atoms with van der Waals surface area (Å²) in [5.74, 6) is -0.210. The molecule has 1 aromatic carbocycles. The number of ether oxygens (including phenoxy) is 1. The van der Waals surface area contributed by atoms with Gasteiger partial charge in [-0.25, -0.2) is 0 Å². The summed E-state index contributed by atoms with van der Waals surface area (Å²) in [7, 11) is 0. The molecule has 0 N–H and O–H groups in total. The third-order valence-corrected chi connectivity index (χ3v) is 5.19. The first-order chi connectivity index (χ1) is 13.5. The molecule has 28 heavy (non-hydrogen) atoms. The Bertz CT molecular complexity index is 891. The fraction of sp³-hybridized carbons (Fsp3) is 0.278. The van der Waals surface area contributed by atoms with Crippen LogP contribution in [0.4, 0.5) is 5.69 Å². The molecule has 0 aliphatic carbocycles. The molecule has 0 bridgehead atoms. The van der Waals surface area contributed by atoms with Crippen molar-refractivity contribution in [1.82, 2.24) is 9.80 Å². The van der Waals surface area contributed by atoms with E-state index >= 15 is 0 Å². The quantitative estimate of drug-likeness (QED) is 0.413. The van der Waals surface area contributed by atoms with E-state index in [1.807, 2.05) is 11.4 Å². The molecule has 0 atom stereocenters. The molecule has 1 fully saturated rings. The predicted molar refractivity (Wildman–Crippen MR) is 101 cm³/mol. The summed E-state index contributed by atoms with van der Waals surface area (Å²) in [6, 6.07) is 7.20. The van der Waals surface area contributed by atoms with E-state index in [0.717, 1.165) is 6.07 Å². The van der Waals surface area contributed by atoms with Crippen molar-refractivity contribution in [3.63, 3.8) is 0 Å². The predicted octanol–water partition coefficient (Wildman–Crippen LogP) is 1.83. The highest BCUT2D eigenvalue weighted by atomic mass is 32.1. The number of aldehydes is 1. The van der Waals surface area contributed by atoms with Gasteiger partial charge in [-0.05, 0) is 17.5 Å². The maximum absolute atomic E-state index is 12.4. The fourth-order valence-corrected chi connectivity index (χ4v) is 3.51. The Labute approximate surface area is 164 Å². The number of nitro benzene ring substituents is 1. The van der Waals surface area contributed by atoms with Crippen LogP contribution < -0.4 is 4.74 Å². The number of carbonyl (C=O) groups excluding carboxylic acids is 3. The smallest absolute Gasteiger partial charge is 0.270 e. The normalized spacial score (nSPS) is 13.9. The SMILES string of the molecule is O=Cc1cc([N+](=O)[O-])ccc1OCC(=O)N1CCN(C(=O)c2cccs2)CC1. The zero-order valence-corrected chi connectivity index (χ0v) is 15.6. The van der Waals surface area contributed by atoms with E-state index in [9.17, 15) is 24.5 Å². The summed E-state index contributed by atoms with van der Waals surface area (Å²) in [5.41, 5.74) is -0.222. The number of hydrogen-bond acceptors (Lipinski definition) is 7. The molecule has 9 nitrogen and oxygen atoms in total. The van der Waals surface area contributed by atoms with Gasteiger partial charge in [-0.2, -0.15) is 0 Å². The van der Waals surface area contributed by atoms with E-state index in [4.69, 9.17) is 4.74 Å². The summed E-state index contributed by atoms with van der Waals surface area (Å²) in [6.45, 7) is 1.34. The van der Waals surface area contributed by atoms with Gasteiger partial charge in [0.05, 0.1) is 15.4 Å². The van der Waals surface area contributed by atoms with Crippen LogP contribution in [0.5, 0.6) is 5.75 Å². The van der Waals surface area contributed by atoms with E-state index < -0.39 is 4.92 Å². The highest BCUT2D eigenvalue weighted by molar-refractivity contribution is 7.12. The van der Waals surface area contributed by atoms with Gasteiger partial charge in [0.25, 0.3) is 17.5 Å². The van der Waals surface area contributed by atoms with E-state index in [0.29, 0.717) is 37.3 Å². The van der Waals surface area contributed by atoms with Crippen LogP contribution in [0.25, 0.3) is 0 Å². The van der Waals surface area contributed by atoms with Crippen molar-refractivity contribution < 1.29 is 24.0 Å². The second-order valence-corrected chi connectivity index (χ2v) is 6.98. The van der Waals surface area contributed by atoms with Crippen molar-refractivity contribution in [1.29, 1.82) is 0 Å². The average molecular weight is 403 g/mol. The van der Waals surface area contributed by atoms with Crippen molar-refractivity contribution in [2.75, 3.05) is 32.8 Å². The molecule has 2 aromatic rings. The largest absolute Gasteiger partial charge is 0.483 e. The maximum atomic E-state index is 12.4. The Balaban J connectivity index is 1.53. The molecular formula is C18H17N3O6S. The monoisotopic (exact) mass is 403 g/mol. The molecular weight excluding hydrogens is 386 g/mol. The first kappa shape index (κ1) is 19.5. The summed E-state index contributed by atoms with van der Waals surface area (Å²) < 4.78 is 5.39. The van der Waals surface area contributed by atoms with E-state index in [1.165, 1.54) is 23.5 Å². The highest BCUT2D eigenvalue weighted by Gasteiger charge is 2.25. The number of piperazine rings is 1. The zero-order chi connectivity index (χ0) is 20.1. The minimum atomic E-state index is -0.612. The molecule has 0 unspecified atom stereocenters. The fourth-order valence-electron chi connectivity index (χ4n) is 2.82. The average Bonchev–Trinajstić information content (AvgIpc) is 3.26. The summed E-state index contributed by atoms with van der Waals surface area (Å²) in [5, 5.41) is 12.6. The number of nitrogens with zero attached hydrogens (tertiary/aromatic N) is 3. The lowest BCUT2D eigenvalue weighted by Gasteiger charge is -2.34. The molecule has 3 rings (SSSR count). The Kier molecular flexibility index (Phi) is 5.99. The van der Waals surface area contributed by atoms with E-state index in [2.05, 4.69) is 0 Å². The summed E-state index contributed by atoms with van der Waals surface area (Å²) in [6.07, 6.45) is 0.446. The van der Waals surface area contributed by atoms with Crippen LogP contribution >= 0.6 is 11.3 Å². The second-order valence-electron chi connectivity index (χ2n) is 6.04. The van der Waals surface area contributed by atoms with Gasteiger partial charge in [-0.15, -0.1) is 11.3 Å². The Morgan fingerprint density at radius 2 is 1.89 bits per heavy atom. The van der Waals surface area contributed by atoms with Crippen molar-refractivity contribution in [3.05, 3.63) is 56.3 Å². The zero-order valence-electron chi connectivity index (χ0n) is 14.8. The van der Waals surface area contributed by atoms with Crippen LogP contribution in [0.1, 0.15) is 20.0 Å². The lowest BCUT2D eigenvalue weighted by Crippen LogP contribution is -2.51. The molecule has 1 aliphatic rings.